The second kappa shape index (κ2) is 17.0. The van der Waals surface area contributed by atoms with Crippen LogP contribution in [-0.2, 0) is 27.9 Å². The lowest BCUT2D eigenvalue weighted by Gasteiger charge is -2.36. The summed E-state index contributed by atoms with van der Waals surface area (Å²) in [6.45, 7) is 7.61. The van der Waals surface area contributed by atoms with Crippen LogP contribution >= 0.6 is 7.60 Å². The van der Waals surface area contributed by atoms with Crippen LogP contribution in [0.15, 0.2) is 42.5 Å². The van der Waals surface area contributed by atoms with Gasteiger partial charge in [-0.25, -0.2) is 9.78 Å². The number of pyridine rings is 1. The molecule has 2 aromatic rings. The molecule has 3 atom stereocenters. The molecule has 1 aliphatic heterocycles. The number of hydrogen-bond acceptors (Lipinski definition) is 9. The van der Waals surface area contributed by atoms with Crippen molar-refractivity contribution in [3.05, 3.63) is 53.7 Å². The largest absolute Gasteiger partial charge is 0.449 e. The predicted molar refractivity (Wildman–Crippen MR) is 174 cm³/mol. The van der Waals surface area contributed by atoms with E-state index in [0.717, 1.165) is 30.4 Å². The molecule has 1 aromatic carbocycles. The van der Waals surface area contributed by atoms with Gasteiger partial charge in [0.25, 0.3) is 5.91 Å². The molecule has 46 heavy (non-hydrogen) atoms. The van der Waals surface area contributed by atoms with Gasteiger partial charge in [-0.1, -0.05) is 43.7 Å². The number of nitrogens with one attached hydrogen (secondary N) is 1. The second-order valence-electron chi connectivity index (χ2n) is 11.5. The van der Waals surface area contributed by atoms with Crippen molar-refractivity contribution >= 4 is 25.5 Å². The Kier molecular flexibility index (Phi) is 13.1. The Hall–Kier alpha value is -3.31. The highest BCUT2D eigenvalue weighted by Crippen LogP contribution is 2.49. The molecule has 0 unspecified atom stereocenters. The van der Waals surface area contributed by atoms with Gasteiger partial charge in [0.2, 0.25) is 5.91 Å². The second-order valence-corrected chi connectivity index (χ2v) is 13.6. The van der Waals surface area contributed by atoms with Crippen molar-refractivity contribution < 1.29 is 37.5 Å². The summed E-state index contributed by atoms with van der Waals surface area (Å²) in [6.07, 6.45) is 1.88. The zero-order valence-electron chi connectivity index (χ0n) is 27.3. The van der Waals surface area contributed by atoms with Crippen molar-refractivity contribution in [3.63, 3.8) is 0 Å². The number of rotatable bonds is 16. The molecule has 4 rings (SSSR count). The zero-order chi connectivity index (χ0) is 33.1. The van der Waals surface area contributed by atoms with Crippen LogP contribution in [0.1, 0.15) is 62.0 Å². The number of nitrogens with zero attached hydrogens (tertiary/aromatic N) is 3. The lowest BCUT2D eigenvalue weighted by Crippen LogP contribution is -2.57. The fourth-order valence-electron chi connectivity index (χ4n) is 5.60. The Morgan fingerprint density at radius 2 is 1.67 bits per heavy atom. The SMILES string of the molecule is CCCCOC(=O)N1CCN(C(=O)[C@H](CP(=O)(OCC)OCC)NC(=O)c2cc([C@H]3C[C@@H]3COC)cc(-c3ccccc3)n2)CC1. The molecule has 2 fully saturated rings. The molecule has 1 aromatic heterocycles. The van der Waals surface area contributed by atoms with Crippen LogP contribution in [0.4, 0.5) is 4.79 Å². The average molecular weight is 659 g/mol. The van der Waals surface area contributed by atoms with Gasteiger partial charge < -0.3 is 33.6 Å². The Balaban J connectivity index is 1.57. The summed E-state index contributed by atoms with van der Waals surface area (Å²) in [4.78, 5) is 48.1. The fourth-order valence-corrected chi connectivity index (χ4v) is 7.36. The molecule has 12 nitrogen and oxygen atoms in total. The first-order valence-corrected chi connectivity index (χ1v) is 17.9. The molecule has 2 heterocycles. The minimum atomic E-state index is -3.74. The number of hydrogen-bond donors (Lipinski definition) is 1. The van der Waals surface area contributed by atoms with Crippen molar-refractivity contribution in [1.82, 2.24) is 20.1 Å². The summed E-state index contributed by atoms with van der Waals surface area (Å²) in [6, 6.07) is 12.1. The third-order valence-corrected chi connectivity index (χ3v) is 10.2. The number of carbonyl (C=O) groups excluding carboxylic acids is 3. The number of ether oxygens (including phenoxy) is 2. The predicted octanol–water partition coefficient (Wildman–Crippen LogP) is 4.94. The molecule has 252 valence electrons. The van der Waals surface area contributed by atoms with Crippen molar-refractivity contribution in [2.75, 3.05) is 65.9 Å². The molecule has 1 saturated heterocycles. The quantitative estimate of drug-likeness (QED) is 0.196. The van der Waals surface area contributed by atoms with Crippen LogP contribution in [-0.4, -0.2) is 105 Å². The number of carbonyl (C=O) groups is 3. The molecule has 1 N–H and O–H groups in total. The first kappa shape index (κ1) is 35.5. The van der Waals surface area contributed by atoms with Gasteiger partial charge in [-0.05, 0) is 56.2 Å². The smallest absolute Gasteiger partial charge is 0.409 e. The number of benzene rings is 1. The highest BCUT2D eigenvalue weighted by molar-refractivity contribution is 7.54. The van der Waals surface area contributed by atoms with Gasteiger partial charge >= 0.3 is 13.7 Å². The number of unbranched alkanes of at least 4 members (excludes halogenated alkanes) is 1. The van der Waals surface area contributed by atoms with E-state index in [1.54, 1.807) is 36.8 Å². The van der Waals surface area contributed by atoms with Gasteiger partial charge in [0.1, 0.15) is 11.7 Å². The number of methoxy groups -OCH3 is 1. The maximum atomic E-state index is 13.9. The van der Waals surface area contributed by atoms with E-state index in [4.69, 9.17) is 18.5 Å². The maximum absolute atomic E-state index is 13.9. The molecular formula is C33H47N4O8P. The Morgan fingerprint density at radius 1 is 1.00 bits per heavy atom. The van der Waals surface area contributed by atoms with Gasteiger partial charge in [-0.2, -0.15) is 0 Å². The normalized spacial score (nSPS) is 18.6. The molecule has 1 saturated carbocycles. The molecule has 0 bridgehead atoms. The Bertz CT molecular complexity index is 1360. The maximum Gasteiger partial charge on any atom is 0.409 e. The monoisotopic (exact) mass is 658 g/mol. The Morgan fingerprint density at radius 3 is 2.30 bits per heavy atom. The van der Waals surface area contributed by atoms with Crippen LogP contribution in [0.25, 0.3) is 11.3 Å². The van der Waals surface area contributed by atoms with Crippen LogP contribution in [0.3, 0.4) is 0 Å². The van der Waals surface area contributed by atoms with Gasteiger partial charge in [0.05, 0.1) is 31.7 Å². The first-order valence-electron chi connectivity index (χ1n) is 16.2. The van der Waals surface area contributed by atoms with Crippen LogP contribution in [0.5, 0.6) is 0 Å². The third-order valence-electron chi connectivity index (χ3n) is 8.12. The van der Waals surface area contributed by atoms with E-state index in [2.05, 4.69) is 10.3 Å². The molecular weight excluding hydrogens is 611 g/mol. The highest BCUT2D eigenvalue weighted by Gasteiger charge is 2.40. The van der Waals surface area contributed by atoms with Crippen LogP contribution < -0.4 is 5.32 Å². The summed E-state index contributed by atoms with van der Waals surface area (Å²) in [5.41, 5.74) is 2.63. The summed E-state index contributed by atoms with van der Waals surface area (Å²) < 4.78 is 35.3. The van der Waals surface area contributed by atoms with Crippen LogP contribution in [0.2, 0.25) is 0 Å². The van der Waals surface area contributed by atoms with Crippen molar-refractivity contribution in [2.24, 2.45) is 5.92 Å². The first-order chi connectivity index (χ1) is 22.2. The third kappa shape index (κ3) is 9.61. The minimum absolute atomic E-state index is 0.110. The van der Waals surface area contributed by atoms with E-state index >= 15 is 0 Å². The zero-order valence-corrected chi connectivity index (χ0v) is 28.2. The van der Waals surface area contributed by atoms with E-state index in [-0.39, 0.29) is 57.2 Å². The number of piperazine rings is 1. The highest BCUT2D eigenvalue weighted by atomic mass is 31.2. The van der Waals surface area contributed by atoms with Crippen molar-refractivity contribution in [2.45, 2.75) is 52.0 Å². The Labute approximate surface area is 271 Å². The van der Waals surface area contributed by atoms with Gasteiger partial charge in [0.15, 0.2) is 0 Å². The van der Waals surface area contributed by atoms with E-state index in [1.807, 2.05) is 43.3 Å². The van der Waals surface area contributed by atoms with E-state index in [1.165, 1.54) is 0 Å². The number of aromatic nitrogens is 1. The molecule has 0 radical (unpaired) electrons. The molecule has 1 aliphatic carbocycles. The molecule has 2 aliphatic rings. The van der Waals surface area contributed by atoms with Crippen LogP contribution in [0, 0.1) is 5.92 Å². The van der Waals surface area contributed by atoms with E-state index < -0.39 is 31.5 Å². The fraction of sp³-hybridized carbons (Fsp3) is 0.576. The summed E-state index contributed by atoms with van der Waals surface area (Å²) in [7, 11) is -2.07. The van der Waals surface area contributed by atoms with Gasteiger partial charge in [-0.3, -0.25) is 14.2 Å². The van der Waals surface area contributed by atoms with E-state index in [9.17, 15) is 18.9 Å². The molecule has 13 heteroatoms. The molecule has 3 amide bonds. The average Bonchev–Trinajstić information content (AvgIpc) is 3.84. The molecule has 0 spiro atoms. The van der Waals surface area contributed by atoms with Crippen molar-refractivity contribution in [1.29, 1.82) is 0 Å². The minimum Gasteiger partial charge on any atom is -0.449 e. The topological polar surface area (TPSA) is 137 Å². The van der Waals surface area contributed by atoms with Gasteiger partial charge in [-0.15, -0.1) is 0 Å². The summed E-state index contributed by atoms with van der Waals surface area (Å²) in [5, 5.41) is 2.82. The lowest BCUT2D eigenvalue weighted by atomic mass is 10.0. The standard InChI is InChI=1S/C33H47N4O8P/c1-5-8-18-43-33(40)37-16-14-36(15-17-37)32(39)30(23-46(41,44-6-2)45-7-3)35-31(38)29-21-25(27-19-26(27)22-42-4)20-28(34-29)24-12-10-9-11-13-24/h9-13,20-21,26-27,30H,5-8,14-19,22-23H2,1-4H3,(H,35,38)/t26-,27-,30+/m1/s1. The number of amides is 3. The summed E-state index contributed by atoms with van der Waals surface area (Å²) in [5.74, 6) is -0.421. The van der Waals surface area contributed by atoms with Crippen molar-refractivity contribution in [3.8, 4) is 11.3 Å². The summed E-state index contributed by atoms with van der Waals surface area (Å²) >= 11 is 0. The van der Waals surface area contributed by atoms with E-state index in [0.29, 0.717) is 24.8 Å². The lowest BCUT2D eigenvalue weighted by molar-refractivity contribution is -0.134. The van der Waals surface area contributed by atoms with Gasteiger partial charge in [0, 0.05) is 45.5 Å².